The van der Waals surface area contributed by atoms with Gasteiger partial charge in [0.15, 0.2) is 15.7 Å². The van der Waals surface area contributed by atoms with Gasteiger partial charge in [-0.25, -0.2) is 23.0 Å². The maximum Gasteiger partial charge on any atom is 0.435 e. The third-order valence-corrected chi connectivity index (χ3v) is 10.6. The molecule has 2 heterocycles. The Bertz CT molecular complexity index is 1600. The van der Waals surface area contributed by atoms with Crippen molar-refractivity contribution in [2.45, 2.75) is 115 Å². The zero-order chi connectivity index (χ0) is 32.4. The van der Waals surface area contributed by atoms with E-state index in [-0.39, 0.29) is 29.1 Å². The number of nitrogens with one attached hydrogen (secondary N) is 2. The molecular weight excluding hydrogens is 603 g/mol. The Balaban J connectivity index is 1.54. The van der Waals surface area contributed by atoms with Crippen LogP contribution in [0, 0.1) is 6.92 Å². The van der Waals surface area contributed by atoms with Crippen molar-refractivity contribution in [2.24, 2.45) is 0 Å². The highest BCUT2D eigenvalue weighted by atomic mass is 32.2. The number of benzene rings is 1. The van der Waals surface area contributed by atoms with Crippen molar-refractivity contribution in [1.82, 2.24) is 20.1 Å². The molecule has 1 saturated carbocycles. The van der Waals surface area contributed by atoms with Gasteiger partial charge in [0.2, 0.25) is 0 Å². The topological polar surface area (TPSA) is 142 Å². The molecule has 1 aliphatic rings. The van der Waals surface area contributed by atoms with Crippen LogP contribution in [0.4, 0.5) is 21.1 Å². The molecule has 0 atom stereocenters. The molecule has 1 amide bonds. The summed E-state index contributed by atoms with van der Waals surface area (Å²) in [6, 6.07) is 6.95. The number of aromatic nitrogens is 3. The van der Waals surface area contributed by atoms with Crippen molar-refractivity contribution in [3.8, 4) is 10.4 Å². The van der Waals surface area contributed by atoms with Gasteiger partial charge in [-0.2, -0.15) is 4.68 Å². The van der Waals surface area contributed by atoms with Crippen molar-refractivity contribution in [3.05, 3.63) is 41.2 Å². The third kappa shape index (κ3) is 8.17. The highest BCUT2D eigenvalue weighted by Gasteiger charge is 2.29. The fourth-order valence-electron chi connectivity index (χ4n) is 4.97. The number of sulfone groups is 1. The van der Waals surface area contributed by atoms with Crippen molar-refractivity contribution < 1.29 is 27.5 Å². The lowest BCUT2D eigenvalue weighted by Crippen LogP contribution is -2.38. The summed E-state index contributed by atoms with van der Waals surface area (Å²) in [7, 11) is -3.66. The molecule has 0 unspecified atom stereocenters. The van der Waals surface area contributed by atoms with E-state index in [4.69, 9.17) is 14.5 Å². The summed E-state index contributed by atoms with van der Waals surface area (Å²) in [5, 5.41) is 10.7. The first-order valence-electron chi connectivity index (χ1n) is 14.9. The molecule has 1 fully saturated rings. The van der Waals surface area contributed by atoms with Gasteiger partial charge < -0.3 is 20.1 Å². The lowest BCUT2D eigenvalue weighted by molar-refractivity contribution is 0.0511. The van der Waals surface area contributed by atoms with Crippen LogP contribution in [0.1, 0.15) is 90.8 Å². The van der Waals surface area contributed by atoms with E-state index in [1.165, 1.54) is 16.0 Å². The summed E-state index contributed by atoms with van der Waals surface area (Å²) in [5.41, 5.74) is 1.02. The van der Waals surface area contributed by atoms with Crippen molar-refractivity contribution >= 4 is 44.9 Å². The quantitative estimate of drug-likeness (QED) is 0.260. The number of aryl methyl sites for hydroxylation is 1. The Morgan fingerprint density at radius 3 is 2.36 bits per heavy atom. The largest absolute Gasteiger partial charge is 0.447 e. The van der Waals surface area contributed by atoms with Gasteiger partial charge in [0.1, 0.15) is 5.60 Å². The second-order valence-electron chi connectivity index (χ2n) is 12.7. The van der Waals surface area contributed by atoms with Crippen LogP contribution in [0.3, 0.4) is 0 Å². The van der Waals surface area contributed by atoms with Crippen LogP contribution in [0.15, 0.2) is 35.4 Å². The minimum atomic E-state index is -3.66. The fraction of sp³-hybridized carbons (Fsp3) is 0.548. The number of hydrogen-bond acceptors (Lipinski definition) is 10. The van der Waals surface area contributed by atoms with E-state index in [0.29, 0.717) is 22.8 Å². The normalized spacial score (nSPS) is 17.5. The van der Waals surface area contributed by atoms with Crippen LogP contribution in [0.25, 0.3) is 10.4 Å². The molecule has 0 bridgehead atoms. The molecule has 0 saturated heterocycles. The smallest absolute Gasteiger partial charge is 0.435 e. The molecule has 44 heavy (non-hydrogen) atoms. The Morgan fingerprint density at radius 1 is 1.07 bits per heavy atom. The molecule has 13 heteroatoms. The van der Waals surface area contributed by atoms with Gasteiger partial charge in [0, 0.05) is 41.2 Å². The van der Waals surface area contributed by atoms with Crippen LogP contribution < -0.4 is 10.6 Å². The van der Waals surface area contributed by atoms with Crippen molar-refractivity contribution in [2.75, 3.05) is 5.32 Å². The Hall–Kier alpha value is -3.45. The number of carbonyl (C=O) groups is 2. The van der Waals surface area contributed by atoms with Crippen LogP contribution in [0.5, 0.6) is 0 Å². The maximum absolute atomic E-state index is 13.5. The Labute approximate surface area is 263 Å². The number of carbonyl (C=O) groups excluding carboxylic acids is 2. The number of alkyl carbamates (subject to hydrolysis) is 1. The second kappa shape index (κ2) is 13.3. The molecular formula is C31H43N5O6S2. The molecule has 2 N–H and O–H groups in total. The molecule has 1 aromatic carbocycles. The minimum absolute atomic E-state index is 0.0686. The van der Waals surface area contributed by atoms with E-state index in [9.17, 15) is 18.0 Å². The number of thiazole rings is 1. The molecule has 0 radical (unpaired) electrons. The molecule has 1 aliphatic carbocycles. The number of hydrogen-bond donors (Lipinski definition) is 2. The third-order valence-electron chi connectivity index (χ3n) is 7.17. The van der Waals surface area contributed by atoms with Crippen LogP contribution in [-0.2, 0) is 19.3 Å². The SMILES string of the molecule is Cc1cc(Nc2ccc(-c3cnc([C@H]4CC[C@H](NC(=O)OC(C)C)CC4)s3)c(S(=O)(=O)C(C)C)c2)nn1C(=O)OC(C)(C)C. The number of rotatable bonds is 8. The van der Waals surface area contributed by atoms with Gasteiger partial charge in [-0.15, -0.1) is 16.4 Å². The van der Waals surface area contributed by atoms with E-state index in [1.54, 1.807) is 72.0 Å². The monoisotopic (exact) mass is 645 g/mol. The van der Waals surface area contributed by atoms with E-state index < -0.39 is 26.8 Å². The van der Waals surface area contributed by atoms with E-state index in [2.05, 4.69) is 15.7 Å². The van der Waals surface area contributed by atoms with Gasteiger partial charge in [0.25, 0.3) is 0 Å². The molecule has 4 rings (SSSR count). The molecule has 3 aromatic rings. The van der Waals surface area contributed by atoms with Crippen molar-refractivity contribution in [1.29, 1.82) is 0 Å². The van der Waals surface area contributed by atoms with Gasteiger partial charge in [-0.1, -0.05) is 6.07 Å². The summed E-state index contributed by atoms with van der Waals surface area (Å²) in [5.74, 6) is 0.624. The maximum atomic E-state index is 13.5. The number of nitrogens with zero attached hydrogens (tertiary/aromatic N) is 3. The number of anilines is 2. The second-order valence-corrected chi connectivity index (χ2v) is 16.2. The molecule has 0 aliphatic heterocycles. The Morgan fingerprint density at radius 2 is 1.75 bits per heavy atom. The average Bonchev–Trinajstić information content (AvgIpc) is 3.54. The average molecular weight is 646 g/mol. The van der Waals surface area contributed by atoms with Crippen LogP contribution in [-0.4, -0.2) is 58.4 Å². The van der Waals surface area contributed by atoms with E-state index in [1.807, 2.05) is 13.8 Å². The first-order chi connectivity index (χ1) is 20.5. The zero-order valence-electron chi connectivity index (χ0n) is 26.6. The van der Waals surface area contributed by atoms with Crippen LogP contribution >= 0.6 is 11.3 Å². The van der Waals surface area contributed by atoms with Crippen molar-refractivity contribution in [3.63, 3.8) is 0 Å². The lowest BCUT2D eigenvalue weighted by atomic mass is 9.86. The summed E-state index contributed by atoms with van der Waals surface area (Å²) in [6.07, 6.45) is 3.99. The van der Waals surface area contributed by atoms with E-state index in [0.717, 1.165) is 35.6 Å². The molecule has 11 nitrogen and oxygen atoms in total. The summed E-state index contributed by atoms with van der Waals surface area (Å²) >= 11 is 1.51. The van der Waals surface area contributed by atoms with Crippen LogP contribution in [0.2, 0.25) is 0 Å². The van der Waals surface area contributed by atoms with Gasteiger partial charge in [0.05, 0.1) is 26.1 Å². The number of amides is 1. The summed E-state index contributed by atoms with van der Waals surface area (Å²) in [4.78, 5) is 30.2. The lowest BCUT2D eigenvalue weighted by Gasteiger charge is -2.28. The van der Waals surface area contributed by atoms with Gasteiger partial charge >= 0.3 is 12.2 Å². The summed E-state index contributed by atoms with van der Waals surface area (Å²) in [6.45, 7) is 14.0. The summed E-state index contributed by atoms with van der Waals surface area (Å²) < 4.78 is 38.9. The fourth-order valence-corrected chi connectivity index (χ4v) is 7.44. The minimum Gasteiger partial charge on any atom is -0.447 e. The highest BCUT2D eigenvalue weighted by molar-refractivity contribution is 7.92. The van der Waals surface area contributed by atoms with E-state index >= 15 is 0 Å². The molecule has 2 aromatic heterocycles. The standard InChI is InChI=1S/C31H43N5O6S2/c1-18(2)41-29(37)34-22-11-9-21(10-12-22)28-32-17-25(43-28)24-14-13-23(16-26(24)44(39,40)19(3)4)33-27-15-20(5)36(35-27)30(38)42-31(6,7)8/h13-19,21-22H,9-12H2,1-8H3,(H,33,35)(H,34,37)/t21-,22-. The first kappa shape index (κ1) is 33.4. The molecule has 240 valence electrons. The highest BCUT2D eigenvalue weighted by Crippen LogP contribution is 2.40. The zero-order valence-corrected chi connectivity index (χ0v) is 28.3. The predicted molar refractivity (Wildman–Crippen MR) is 172 cm³/mol. The Kier molecular flexibility index (Phi) is 10.1. The van der Waals surface area contributed by atoms with Gasteiger partial charge in [-0.05, 0) is 93.2 Å². The molecule has 0 spiro atoms. The predicted octanol–water partition coefficient (Wildman–Crippen LogP) is 7.18. The van der Waals surface area contributed by atoms with Gasteiger partial charge in [-0.3, -0.25) is 0 Å². The number of ether oxygens (including phenoxy) is 2. The first-order valence-corrected chi connectivity index (χ1v) is 17.3.